The zero-order chi connectivity index (χ0) is 19.2. The van der Waals surface area contributed by atoms with E-state index in [1.807, 2.05) is 30.3 Å². The maximum atomic E-state index is 12.0. The van der Waals surface area contributed by atoms with Crippen molar-refractivity contribution in [2.75, 3.05) is 6.54 Å². The summed E-state index contributed by atoms with van der Waals surface area (Å²) in [5, 5.41) is 2.55. The van der Waals surface area contributed by atoms with Crippen LogP contribution in [0.4, 0.5) is 4.79 Å². The first kappa shape index (κ1) is 19.3. The summed E-state index contributed by atoms with van der Waals surface area (Å²) in [6, 6.07) is 11.3. The standard InChI is InChI=1S/C19H16BrClN2O4/c1-12-23-17-16(20)14(27-19(24)22-9-5-8-21)10-15(18(17)26-12)25-11-13-6-3-2-4-7-13/h2-8,10H,9,11H2,1H3,(H,22,24). The van der Waals surface area contributed by atoms with Crippen molar-refractivity contribution < 1.29 is 18.7 Å². The predicted molar refractivity (Wildman–Crippen MR) is 106 cm³/mol. The van der Waals surface area contributed by atoms with E-state index in [9.17, 15) is 4.79 Å². The second kappa shape index (κ2) is 8.92. The molecule has 0 fully saturated rings. The molecular weight excluding hydrogens is 436 g/mol. The van der Waals surface area contributed by atoms with Crippen LogP contribution in [0.5, 0.6) is 11.5 Å². The van der Waals surface area contributed by atoms with Crippen molar-refractivity contribution in [3.63, 3.8) is 0 Å². The summed E-state index contributed by atoms with van der Waals surface area (Å²) >= 11 is 8.85. The van der Waals surface area contributed by atoms with Gasteiger partial charge in [-0.3, -0.25) is 0 Å². The Morgan fingerprint density at radius 2 is 2.11 bits per heavy atom. The number of nitrogens with zero attached hydrogens (tertiary/aromatic N) is 1. The van der Waals surface area contributed by atoms with Gasteiger partial charge >= 0.3 is 6.09 Å². The van der Waals surface area contributed by atoms with Crippen LogP contribution in [0.1, 0.15) is 11.5 Å². The molecule has 0 saturated heterocycles. The molecule has 0 saturated carbocycles. The first-order chi connectivity index (χ1) is 13.1. The van der Waals surface area contributed by atoms with E-state index in [1.54, 1.807) is 19.1 Å². The van der Waals surface area contributed by atoms with Crippen LogP contribution >= 0.6 is 27.5 Å². The summed E-state index contributed by atoms with van der Waals surface area (Å²) in [4.78, 5) is 16.3. The summed E-state index contributed by atoms with van der Waals surface area (Å²) < 4.78 is 17.4. The molecule has 0 bridgehead atoms. The van der Waals surface area contributed by atoms with Gasteiger partial charge in [-0.2, -0.15) is 0 Å². The number of nitrogens with one attached hydrogen (secondary N) is 1. The molecular formula is C19H16BrClN2O4. The lowest BCUT2D eigenvalue weighted by atomic mass is 10.2. The number of benzene rings is 2. The highest BCUT2D eigenvalue weighted by Crippen LogP contribution is 2.40. The zero-order valence-electron chi connectivity index (χ0n) is 14.4. The molecule has 1 heterocycles. The van der Waals surface area contributed by atoms with Gasteiger partial charge in [-0.25, -0.2) is 9.78 Å². The van der Waals surface area contributed by atoms with Crippen molar-refractivity contribution in [2.45, 2.75) is 13.5 Å². The average Bonchev–Trinajstić information content (AvgIpc) is 3.06. The molecule has 1 aromatic heterocycles. The monoisotopic (exact) mass is 450 g/mol. The van der Waals surface area contributed by atoms with Crippen molar-refractivity contribution >= 4 is 44.7 Å². The van der Waals surface area contributed by atoms with Gasteiger partial charge in [-0.1, -0.05) is 48.0 Å². The van der Waals surface area contributed by atoms with Crippen LogP contribution in [0, 0.1) is 6.92 Å². The van der Waals surface area contributed by atoms with Crippen LogP contribution in [0.25, 0.3) is 11.1 Å². The lowest BCUT2D eigenvalue weighted by Gasteiger charge is -2.11. The molecule has 0 aliphatic rings. The third-order valence-electron chi connectivity index (χ3n) is 3.54. The highest BCUT2D eigenvalue weighted by Gasteiger charge is 2.20. The highest BCUT2D eigenvalue weighted by atomic mass is 79.9. The molecule has 0 radical (unpaired) electrons. The minimum atomic E-state index is -0.626. The number of oxazole rings is 1. The number of carbonyl (C=O) groups excluding carboxylic acids is 1. The molecule has 0 atom stereocenters. The van der Waals surface area contributed by atoms with Crippen molar-refractivity contribution in [3.8, 4) is 11.5 Å². The molecule has 0 spiro atoms. The van der Waals surface area contributed by atoms with Gasteiger partial charge < -0.3 is 19.2 Å². The number of hydrogen-bond donors (Lipinski definition) is 1. The van der Waals surface area contributed by atoms with Gasteiger partial charge in [0.15, 0.2) is 23.0 Å². The van der Waals surface area contributed by atoms with Crippen LogP contribution in [-0.2, 0) is 6.61 Å². The SMILES string of the molecule is Cc1nc2c(Br)c(OC(=O)NCC=CCl)cc(OCc3ccccc3)c2o1. The molecule has 0 unspecified atom stereocenters. The Morgan fingerprint density at radius 1 is 1.33 bits per heavy atom. The van der Waals surface area contributed by atoms with Crippen LogP contribution in [0.2, 0.25) is 0 Å². The number of aromatic nitrogens is 1. The van der Waals surface area contributed by atoms with Gasteiger partial charge in [0.25, 0.3) is 0 Å². The summed E-state index contributed by atoms with van der Waals surface area (Å²) in [6.45, 7) is 2.32. The molecule has 3 rings (SSSR count). The highest BCUT2D eigenvalue weighted by molar-refractivity contribution is 9.10. The van der Waals surface area contributed by atoms with Crippen LogP contribution in [0.15, 0.2) is 56.9 Å². The Labute approximate surface area is 169 Å². The van der Waals surface area contributed by atoms with Gasteiger partial charge in [0.2, 0.25) is 0 Å². The van der Waals surface area contributed by atoms with E-state index in [2.05, 4.69) is 26.2 Å². The Kier molecular flexibility index (Phi) is 6.36. The van der Waals surface area contributed by atoms with E-state index >= 15 is 0 Å². The van der Waals surface area contributed by atoms with Crippen molar-refractivity contribution in [2.24, 2.45) is 0 Å². The number of fused-ring (bicyclic) bond motifs is 1. The lowest BCUT2D eigenvalue weighted by Crippen LogP contribution is -2.26. The molecule has 0 aliphatic carbocycles. The third-order valence-corrected chi connectivity index (χ3v) is 4.48. The molecule has 8 heteroatoms. The average molecular weight is 452 g/mol. The van der Waals surface area contributed by atoms with Crippen LogP contribution < -0.4 is 14.8 Å². The maximum Gasteiger partial charge on any atom is 0.412 e. The van der Waals surface area contributed by atoms with Gasteiger partial charge in [-0.15, -0.1) is 0 Å². The Balaban J connectivity index is 1.87. The van der Waals surface area contributed by atoms with Crippen molar-refractivity contribution in [1.82, 2.24) is 10.3 Å². The summed E-state index contributed by atoms with van der Waals surface area (Å²) in [7, 11) is 0. The van der Waals surface area contributed by atoms with Crippen molar-refractivity contribution in [1.29, 1.82) is 0 Å². The first-order valence-electron chi connectivity index (χ1n) is 8.05. The number of aryl methyl sites for hydroxylation is 1. The lowest BCUT2D eigenvalue weighted by molar-refractivity contribution is 0.201. The second-order valence-electron chi connectivity index (χ2n) is 5.50. The van der Waals surface area contributed by atoms with Crippen LogP contribution in [0.3, 0.4) is 0 Å². The van der Waals surface area contributed by atoms with E-state index in [0.29, 0.717) is 33.8 Å². The van der Waals surface area contributed by atoms with E-state index in [4.69, 9.17) is 25.5 Å². The topological polar surface area (TPSA) is 73.6 Å². The van der Waals surface area contributed by atoms with Gasteiger partial charge in [0.1, 0.15) is 12.1 Å². The third kappa shape index (κ3) is 4.81. The first-order valence-corrected chi connectivity index (χ1v) is 9.28. The van der Waals surface area contributed by atoms with Crippen LogP contribution in [-0.4, -0.2) is 17.6 Å². The minimum absolute atomic E-state index is 0.253. The minimum Gasteiger partial charge on any atom is -0.485 e. The molecule has 3 aromatic rings. The number of rotatable bonds is 6. The largest absolute Gasteiger partial charge is 0.485 e. The predicted octanol–water partition coefficient (Wildman–Crippen LogP) is 5.32. The molecule has 0 aliphatic heterocycles. The molecule has 6 nitrogen and oxygen atoms in total. The Morgan fingerprint density at radius 3 is 2.85 bits per heavy atom. The maximum absolute atomic E-state index is 12.0. The van der Waals surface area contributed by atoms with Gasteiger partial charge in [-0.05, 0) is 21.5 Å². The Bertz CT molecular complexity index is 973. The number of carbonyl (C=O) groups is 1. The quantitative estimate of drug-likeness (QED) is 0.549. The fourth-order valence-corrected chi connectivity index (χ4v) is 2.90. The number of hydrogen-bond acceptors (Lipinski definition) is 5. The molecule has 2 aromatic carbocycles. The number of halogens is 2. The molecule has 140 valence electrons. The summed E-state index contributed by atoms with van der Waals surface area (Å²) in [6.07, 6.45) is 0.954. The van der Waals surface area contributed by atoms with Gasteiger partial charge in [0, 0.05) is 25.1 Å². The molecule has 27 heavy (non-hydrogen) atoms. The number of amides is 1. The molecule has 1 amide bonds. The van der Waals surface area contributed by atoms with E-state index < -0.39 is 6.09 Å². The zero-order valence-corrected chi connectivity index (χ0v) is 16.7. The van der Waals surface area contributed by atoms with Gasteiger partial charge in [0.05, 0.1) is 4.47 Å². The van der Waals surface area contributed by atoms with E-state index in [-0.39, 0.29) is 12.3 Å². The smallest absolute Gasteiger partial charge is 0.412 e. The van der Waals surface area contributed by atoms with E-state index in [0.717, 1.165) is 5.56 Å². The van der Waals surface area contributed by atoms with Crippen molar-refractivity contribution in [3.05, 3.63) is 63.9 Å². The molecule has 1 N–H and O–H groups in total. The fraction of sp³-hybridized carbons (Fsp3) is 0.158. The second-order valence-corrected chi connectivity index (χ2v) is 6.55. The normalized spacial score (nSPS) is 11.1. The summed E-state index contributed by atoms with van der Waals surface area (Å²) in [5.74, 6) is 1.18. The van der Waals surface area contributed by atoms with E-state index in [1.165, 1.54) is 5.54 Å². The summed E-state index contributed by atoms with van der Waals surface area (Å²) in [5.41, 5.74) is 3.31. The fourth-order valence-electron chi connectivity index (χ4n) is 2.35. The Hall–Kier alpha value is -2.51. The number of ether oxygens (including phenoxy) is 2.